The molecule has 1 aromatic heterocycles. The first-order chi connectivity index (χ1) is 11.6. The van der Waals surface area contributed by atoms with Crippen LogP contribution >= 0.6 is 0 Å². The van der Waals surface area contributed by atoms with Crippen LogP contribution in [0, 0.1) is 6.92 Å². The van der Waals surface area contributed by atoms with Gasteiger partial charge >= 0.3 is 0 Å². The van der Waals surface area contributed by atoms with Gasteiger partial charge in [0, 0.05) is 23.9 Å². The average Bonchev–Trinajstić information content (AvgIpc) is 3.39. The van der Waals surface area contributed by atoms with E-state index in [1.165, 1.54) is 6.08 Å². The number of carbonyl (C=O) groups excluding carboxylic acids is 2. The van der Waals surface area contributed by atoms with Crippen LogP contribution in [0.2, 0.25) is 0 Å². The van der Waals surface area contributed by atoms with Gasteiger partial charge in [0.05, 0.1) is 0 Å². The molecule has 2 N–H and O–H groups in total. The van der Waals surface area contributed by atoms with Gasteiger partial charge in [-0.05, 0) is 55.2 Å². The van der Waals surface area contributed by atoms with Gasteiger partial charge in [-0.2, -0.15) is 0 Å². The van der Waals surface area contributed by atoms with Crippen molar-refractivity contribution >= 4 is 23.7 Å². The quantitative estimate of drug-likeness (QED) is 0.832. The van der Waals surface area contributed by atoms with E-state index in [1.807, 2.05) is 25.1 Å². The highest BCUT2D eigenvalue weighted by Gasteiger charge is 2.23. The van der Waals surface area contributed by atoms with E-state index < -0.39 is 0 Å². The molecule has 1 aliphatic carbocycles. The van der Waals surface area contributed by atoms with Crippen LogP contribution in [-0.2, 0) is 4.79 Å². The lowest BCUT2D eigenvalue weighted by Gasteiger charge is -2.03. The summed E-state index contributed by atoms with van der Waals surface area (Å²) in [7, 11) is 0. The summed E-state index contributed by atoms with van der Waals surface area (Å²) < 4.78 is 0. The largest absolute Gasteiger partial charge is 0.349 e. The first-order valence-electron chi connectivity index (χ1n) is 7.93. The average molecular weight is 321 g/mol. The molecule has 0 radical (unpaired) electrons. The summed E-state index contributed by atoms with van der Waals surface area (Å²) in [5.41, 5.74) is 2.52. The third kappa shape index (κ3) is 4.52. The second-order valence-electron chi connectivity index (χ2n) is 5.91. The molecule has 2 aromatic rings. The number of amides is 2. The SMILES string of the molecule is Cc1ccc(NC(=O)/C=C/c2ccc(C(=O)NC3CC3)cc2)nc1. The third-order valence-corrected chi connectivity index (χ3v) is 3.68. The van der Waals surface area contributed by atoms with Crippen LogP contribution in [0.1, 0.15) is 34.3 Å². The minimum absolute atomic E-state index is 0.0452. The lowest BCUT2D eigenvalue weighted by molar-refractivity contribution is -0.111. The molecule has 0 aliphatic heterocycles. The molecule has 1 fully saturated rings. The first kappa shape index (κ1) is 15.9. The summed E-state index contributed by atoms with van der Waals surface area (Å²) >= 11 is 0. The van der Waals surface area contributed by atoms with Crippen molar-refractivity contribution in [3.8, 4) is 0 Å². The van der Waals surface area contributed by atoms with E-state index in [4.69, 9.17) is 0 Å². The molecule has 3 rings (SSSR count). The molecule has 0 unspecified atom stereocenters. The molecule has 0 bridgehead atoms. The van der Waals surface area contributed by atoms with Crippen molar-refractivity contribution in [1.29, 1.82) is 0 Å². The molecular formula is C19H19N3O2. The minimum atomic E-state index is -0.248. The smallest absolute Gasteiger partial charge is 0.251 e. The predicted molar refractivity (Wildman–Crippen MR) is 93.6 cm³/mol. The Labute approximate surface area is 140 Å². The number of aromatic nitrogens is 1. The summed E-state index contributed by atoms with van der Waals surface area (Å²) in [6, 6.07) is 11.1. The zero-order chi connectivity index (χ0) is 16.9. The molecule has 1 saturated carbocycles. The van der Waals surface area contributed by atoms with Crippen LogP contribution in [-0.4, -0.2) is 22.8 Å². The highest BCUT2D eigenvalue weighted by Crippen LogP contribution is 2.19. The number of pyridine rings is 1. The normalized spacial score (nSPS) is 13.7. The number of aryl methyl sites for hydroxylation is 1. The molecule has 122 valence electrons. The maximum Gasteiger partial charge on any atom is 0.251 e. The van der Waals surface area contributed by atoms with Crippen molar-refractivity contribution in [3.05, 3.63) is 65.4 Å². The van der Waals surface area contributed by atoms with Crippen molar-refractivity contribution in [2.75, 3.05) is 5.32 Å². The van der Waals surface area contributed by atoms with E-state index in [1.54, 1.807) is 30.5 Å². The number of nitrogens with zero attached hydrogens (tertiary/aromatic N) is 1. The number of hydrogen-bond donors (Lipinski definition) is 2. The molecule has 0 spiro atoms. The maximum absolute atomic E-state index is 11.9. The second kappa shape index (κ2) is 7.08. The molecular weight excluding hydrogens is 302 g/mol. The number of rotatable bonds is 5. The minimum Gasteiger partial charge on any atom is -0.349 e. The fourth-order valence-electron chi connectivity index (χ4n) is 2.12. The molecule has 2 amide bonds. The van der Waals surface area contributed by atoms with Gasteiger partial charge in [-0.1, -0.05) is 18.2 Å². The molecule has 1 heterocycles. The van der Waals surface area contributed by atoms with E-state index >= 15 is 0 Å². The summed E-state index contributed by atoms with van der Waals surface area (Å²) in [4.78, 5) is 27.9. The van der Waals surface area contributed by atoms with Gasteiger partial charge in [-0.15, -0.1) is 0 Å². The van der Waals surface area contributed by atoms with Gasteiger partial charge < -0.3 is 10.6 Å². The zero-order valence-corrected chi connectivity index (χ0v) is 13.5. The van der Waals surface area contributed by atoms with Crippen molar-refractivity contribution in [2.45, 2.75) is 25.8 Å². The fourth-order valence-corrected chi connectivity index (χ4v) is 2.12. The standard InChI is InChI=1S/C19H19N3O2/c1-13-2-10-17(20-12-13)22-18(23)11-5-14-3-6-15(7-4-14)19(24)21-16-8-9-16/h2-7,10-12,16H,8-9H2,1H3,(H,21,24)(H,20,22,23)/b11-5+. The van der Waals surface area contributed by atoms with Gasteiger partial charge in [0.2, 0.25) is 5.91 Å². The number of nitrogens with one attached hydrogen (secondary N) is 2. The van der Waals surface area contributed by atoms with E-state index in [-0.39, 0.29) is 11.8 Å². The van der Waals surface area contributed by atoms with Crippen LogP contribution < -0.4 is 10.6 Å². The summed E-state index contributed by atoms with van der Waals surface area (Å²) in [5, 5.41) is 5.64. The Morgan fingerprint density at radius 3 is 2.50 bits per heavy atom. The van der Waals surface area contributed by atoms with Gasteiger partial charge in [-0.3, -0.25) is 9.59 Å². The number of benzene rings is 1. The Kier molecular flexibility index (Phi) is 4.70. The van der Waals surface area contributed by atoms with Crippen LogP contribution in [0.4, 0.5) is 5.82 Å². The van der Waals surface area contributed by atoms with Crippen LogP contribution in [0.25, 0.3) is 6.08 Å². The molecule has 0 atom stereocenters. The monoisotopic (exact) mass is 321 g/mol. The Hall–Kier alpha value is -2.95. The predicted octanol–water partition coefficient (Wildman–Crippen LogP) is 2.93. The third-order valence-electron chi connectivity index (χ3n) is 3.68. The van der Waals surface area contributed by atoms with Crippen LogP contribution in [0.3, 0.4) is 0 Å². The van der Waals surface area contributed by atoms with E-state index in [0.717, 1.165) is 24.0 Å². The first-order valence-corrected chi connectivity index (χ1v) is 7.93. The fraction of sp³-hybridized carbons (Fsp3) is 0.211. The topological polar surface area (TPSA) is 71.1 Å². The Morgan fingerprint density at radius 1 is 1.12 bits per heavy atom. The Balaban J connectivity index is 1.56. The van der Waals surface area contributed by atoms with Gasteiger partial charge in [0.1, 0.15) is 5.82 Å². The van der Waals surface area contributed by atoms with Gasteiger partial charge in [-0.25, -0.2) is 4.98 Å². The van der Waals surface area contributed by atoms with E-state index in [2.05, 4.69) is 15.6 Å². The summed E-state index contributed by atoms with van der Waals surface area (Å²) in [6.45, 7) is 1.94. The number of hydrogen-bond acceptors (Lipinski definition) is 3. The van der Waals surface area contributed by atoms with Gasteiger partial charge in [0.25, 0.3) is 5.91 Å². The van der Waals surface area contributed by atoms with Crippen molar-refractivity contribution in [2.24, 2.45) is 0 Å². The number of carbonyl (C=O) groups is 2. The van der Waals surface area contributed by atoms with Crippen LogP contribution in [0.5, 0.6) is 0 Å². The molecule has 1 aromatic carbocycles. The zero-order valence-electron chi connectivity index (χ0n) is 13.5. The molecule has 1 aliphatic rings. The summed E-state index contributed by atoms with van der Waals surface area (Å²) in [6.07, 6.45) is 6.98. The maximum atomic E-state index is 11.9. The number of anilines is 1. The Morgan fingerprint density at radius 2 is 1.88 bits per heavy atom. The van der Waals surface area contributed by atoms with Gasteiger partial charge in [0.15, 0.2) is 0 Å². The Bertz CT molecular complexity index is 760. The second-order valence-corrected chi connectivity index (χ2v) is 5.91. The van der Waals surface area contributed by atoms with E-state index in [9.17, 15) is 9.59 Å². The lowest BCUT2D eigenvalue weighted by atomic mass is 10.1. The molecule has 5 heteroatoms. The lowest BCUT2D eigenvalue weighted by Crippen LogP contribution is -2.25. The van der Waals surface area contributed by atoms with Crippen molar-refractivity contribution in [3.63, 3.8) is 0 Å². The summed E-state index contributed by atoms with van der Waals surface area (Å²) in [5.74, 6) is 0.223. The highest BCUT2D eigenvalue weighted by molar-refractivity contribution is 6.01. The van der Waals surface area contributed by atoms with E-state index in [0.29, 0.717) is 17.4 Å². The molecule has 0 saturated heterocycles. The molecule has 24 heavy (non-hydrogen) atoms. The highest BCUT2D eigenvalue weighted by atomic mass is 16.2. The van der Waals surface area contributed by atoms with Crippen molar-refractivity contribution in [1.82, 2.24) is 10.3 Å². The molecule has 5 nitrogen and oxygen atoms in total. The van der Waals surface area contributed by atoms with Crippen LogP contribution in [0.15, 0.2) is 48.7 Å². The van der Waals surface area contributed by atoms with Crippen molar-refractivity contribution < 1.29 is 9.59 Å².